The van der Waals surface area contributed by atoms with E-state index in [2.05, 4.69) is 133 Å². The zero-order chi connectivity index (χ0) is 25.3. The highest BCUT2D eigenvalue weighted by Gasteiger charge is 2.28. The summed E-state index contributed by atoms with van der Waals surface area (Å²) in [6.45, 7) is 1.68. The molecule has 0 amide bonds. The van der Waals surface area contributed by atoms with Gasteiger partial charge < -0.3 is 4.90 Å². The van der Waals surface area contributed by atoms with Gasteiger partial charge in [0.2, 0.25) is 0 Å². The summed E-state index contributed by atoms with van der Waals surface area (Å²) >= 11 is 0. The molecule has 0 fully saturated rings. The second kappa shape index (κ2) is 11.5. The summed E-state index contributed by atoms with van der Waals surface area (Å²) in [5, 5.41) is 5.08. The lowest BCUT2D eigenvalue weighted by Gasteiger charge is -2.29. The summed E-state index contributed by atoms with van der Waals surface area (Å²) in [4.78, 5) is 2.43. The smallest absolute Gasteiger partial charge is 0.164 e. The maximum atomic E-state index is 5.08. The summed E-state index contributed by atoms with van der Waals surface area (Å²) in [7, 11) is 2.13. The molecule has 5 aromatic rings. The Hall–Kier alpha value is -4.47. The van der Waals surface area contributed by atoms with Crippen LogP contribution in [-0.4, -0.2) is 13.3 Å². The molecule has 0 N–H and O–H groups in total. The average Bonchev–Trinajstić information content (AvgIpc) is 2.98. The van der Waals surface area contributed by atoms with Gasteiger partial charge in [0.05, 0.1) is 6.21 Å². The molecule has 5 rings (SSSR count). The minimum Gasteiger partial charge on any atom is -0.363 e. The second-order valence-electron chi connectivity index (χ2n) is 9.29. The van der Waals surface area contributed by atoms with Crippen LogP contribution in [0, 0.1) is 0 Å². The highest BCUT2D eigenvalue weighted by Crippen LogP contribution is 2.35. The zero-order valence-corrected chi connectivity index (χ0v) is 21.2. The molecule has 1 atom stereocenters. The van der Waals surface area contributed by atoms with E-state index in [0.717, 1.165) is 30.0 Å². The zero-order valence-electron chi connectivity index (χ0n) is 21.2. The van der Waals surface area contributed by atoms with Crippen LogP contribution in [0.1, 0.15) is 16.7 Å². The van der Waals surface area contributed by atoms with Crippen LogP contribution in [0.25, 0.3) is 0 Å². The molecule has 0 radical (unpaired) electrons. The number of anilines is 1. The number of hydrogen-bond donors (Lipinski definition) is 0. The monoisotopic (exact) mass is 482 g/mol. The van der Waals surface area contributed by atoms with Crippen LogP contribution in [0.15, 0.2) is 151 Å². The quantitative estimate of drug-likeness (QED) is 0.117. The van der Waals surface area contributed by atoms with Crippen molar-refractivity contribution in [2.75, 3.05) is 11.9 Å². The van der Waals surface area contributed by atoms with E-state index in [1.54, 1.807) is 0 Å². The third-order valence-corrected chi connectivity index (χ3v) is 6.65. The minimum absolute atomic E-state index is 0.327. The lowest BCUT2D eigenvalue weighted by molar-refractivity contribution is 0.490. The first-order valence-corrected chi connectivity index (χ1v) is 12.7. The Morgan fingerprint density at radius 2 is 0.973 bits per heavy atom. The molecule has 1 unspecified atom stereocenters. The van der Waals surface area contributed by atoms with Crippen LogP contribution < -0.4 is 9.49 Å². The molecule has 0 spiro atoms. The largest absolute Gasteiger partial charge is 0.363 e. The van der Waals surface area contributed by atoms with Crippen LogP contribution in [0.2, 0.25) is 0 Å². The van der Waals surface area contributed by atoms with E-state index in [-0.39, 0.29) is 0 Å². The number of rotatable bonds is 9. The standard InChI is InChI=1S/C34H32N3/c1-37(33-20-12-5-13-21-33,35-26-29-14-6-2-7-15-29)34-24-22-32(23-25-34)36(27-30-16-8-3-9-17-30)28-31-18-10-4-11-19-31/h2-26H,27-28H2,1H3/q+1. The Morgan fingerprint density at radius 1 is 0.541 bits per heavy atom. The molecule has 3 heteroatoms. The van der Waals surface area contributed by atoms with Gasteiger partial charge in [0, 0.05) is 43.0 Å². The second-order valence-corrected chi connectivity index (χ2v) is 9.29. The maximum Gasteiger partial charge on any atom is 0.164 e. The first kappa shape index (κ1) is 24.2. The molecule has 0 saturated carbocycles. The number of para-hydroxylation sites is 1. The van der Waals surface area contributed by atoms with Crippen LogP contribution in [-0.2, 0) is 13.1 Å². The first-order valence-electron chi connectivity index (χ1n) is 12.7. The molecular formula is C34H32N3+. The van der Waals surface area contributed by atoms with Crippen molar-refractivity contribution in [3.63, 3.8) is 0 Å². The molecule has 37 heavy (non-hydrogen) atoms. The normalized spacial score (nSPS) is 12.8. The number of quaternary nitrogens is 1. The van der Waals surface area contributed by atoms with Crippen LogP contribution in [0.5, 0.6) is 0 Å². The molecule has 0 bridgehead atoms. The molecule has 0 heterocycles. The van der Waals surface area contributed by atoms with E-state index in [9.17, 15) is 0 Å². The molecule has 0 saturated heterocycles. The predicted molar refractivity (Wildman–Crippen MR) is 157 cm³/mol. The van der Waals surface area contributed by atoms with Gasteiger partial charge in [-0.05, 0) is 28.8 Å². The molecule has 0 aliphatic carbocycles. The number of nitrogens with zero attached hydrogens (tertiary/aromatic N) is 3. The molecule has 182 valence electrons. The molecule has 3 nitrogen and oxygen atoms in total. The molecule has 0 aliphatic heterocycles. The van der Waals surface area contributed by atoms with Gasteiger partial charge in [0.25, 0.3) is 0 Å². The average molecular weight is 483 g/mol. The Bertz CT molecular complexity index is 1360. The van der Waals surface area contributed by atoms with E-state index in [1.807, 2.05) is 30.5 Å². The van der Waals surface area contributed by atoms with E-state index in [0.29, 0.717) is 4.59 Å². The van der Waals surface area contributed by atoms with E-state index >= 15 is 0 Å². The van der Waals surface area contributed by atoms with Gasteiger partial charge in [-0.15, -0.1) is 4.59 Å². The topological polar surface area (TPSA) is 15.6 Å². The predicted octanol–water partition coefficient (Wildman–Crippen LogP) is 8.20. The van der Waals surface area contributed by atoms with Crippen molar-refractivity contribution in [1.82, 2.24) is 4.59 Å². The van der Waals surface area contributed by atoms with Gasteiger partial charge in [-0.1, -0.05) is 114 Å². The number of hydrogen-bond acceptors (Lipinski definition) is 2. The van der Waals surface area contributed by atoms with Gasteiger partial charge in [-0.25, -0.2) is 0 Å². The van der Waals surface area contributed by atoms with E-state index in [1.165, 1.54) is 16.8 Å². The van der Waals surface area contributed by atoms with Crippen molar-refractivity contribution >= 4 is 23.3 Å². The SMILES string of the molecule is C[N+](N=Cc1ccccc1)(c1ccccc1)c1ccc(N(Cc2ccccc2)Cc2ccccc2)cc1. The number of benzene rings is 5. The fourth-order valence-corrected chi connectivity index (χ4v) is 4.52. The Kier molecular flexibility index (Phi) is 7.54. The van der Waals surface area contributed by atoms with Crippen molar-refractivity contribution in [3.05, 3.63) is 162 Å². The third kappa shape index (κ3) is 6.03. The molecular weight excluding hydrogens is 450 g/mol. The molecule has 0 aromatic heterocycles. The van der Waals surface area contributed by atoms with Gasteiger partial charge in [-0.2, -0.15) is 0 Å². The Morgan fingerprint density at radius 3 is 1.49 bits per heavy atom. The summed E-state index contributed by atoms with van der Waals surface area (Å²) in [6.07, 6.45) is 1.96. The first-order chi connectivity index (χ1) is 18.2. The highest BCUT2D eigenvalue weighted by molar-refractivity contribution is 5.80. The Labute approximate surface area is 220 Å². The maximum absolute atomic E-state index is 5.08. The summed E-state index contributed by atoms with van der Waals surface area (Å²) in [5.74, 6) is 0. The Balaban J connectivity index is 1.48. The molecule has 0 aliphatic rings. The van der Waals surface area contributed by atoms with Gasteiger partial charge >= 0.3 is 0 Å². The van der Waals surface area contributed by atoms with Crippen LogP contribution in [0.4, 0.5) is 17.1 Å². The van der Waals surface area contributed by atoms with Crippen molar-refractivity contribution in [1.29, 1.82) is 0 Å². The van der Waals surface area contributed by atoms with Gasteiger partial charge in [0.1, 0.15) is 7.05 Å². The van der Waals surface area contributed by atoms with Crippen molar-refractivity contribution < 1.29 is 0 Å². The van der Waals surface area contributed by atoms with E-state index < -0.39 is 0 Å². The fraction of sp³-hybridized carbons (Fsp3) is 0.0882. The van der Waals surface area contributed by atoms with Crippen molar-refractivity contribution in [3.8, 4) is 0 Å². The lowest BCUT2D eigenvalue weighted by atomic mass is 10.1. The van der Waals surface area contributed by atoms with E-state index in [4.69, 9.17) is 5.10 Å². The van der Waals surface area contributed by atoms with Gasteiger partial charge in [0.15, 0.2) is 11.4 Å². The lowest BCUT2D eigenvalue weighted by Crippen LogP contribution is -2.33. The van der Waals surface area contributed by atoms with Crippen LogP contribution >= 0.6 is 0 Å². The van der Waals surface area contributed by atoms with Gasteiger partial charge in [-0.3, -0.25) is 0 Å². The van der Waals surface area contributed by atoms with Crippen molar-refractivity contribution in [2.45, 2.75) is 13.1 Å². The fourth-order valence-electron chi connectivity index (χ4n) is 4.52. The summed E-state index contributed by atoms with van der Waals surface area (Å²) in [5.41, 5.74) is 7.05. The van der Waals surface area contributed by atoms with Crippen LogP contribution in [0.3, 0.4) is 0 Å². The third-order valence-electron chi connectivity index (χ3n) is 6.65. The minimum atomic E-state index is 0.327. The molecule has 5 aromatic carbocycles. The summed E-state index contributed by atoms with van der Waals surface area (Å²) in [6, 6.07) is 50.9. The highest BCUT2D eigenvalue weighted by atomic mass is 15.6. The summed E-state index contributed by atoms with van der Waals surface area (Å²) < 4.78 is 0.327. The van der Waals surface area contributed by atoms with Crippen molar-refractivity contribution in [2.24, 2.45) is 5.10 Å².